The molecular weight excluding hydrogens is 402 g/mol. The summed E-state index contributed by atoms with van der Waals surface area (Å²) in [6, 6.07) is 1.47. The van der Waals surface area contributed by atoms with E-state index in [2.05, 4.69) is 6.58 Å². The molecule has 1 aliphatic carbocycles. The van der Waals surface area contributed by atoms with Gasteiger partial charge < -0.3 is 15.7 Å². The zero-order chi connectivity index (χ0) is 21.7. The van der Waals surface area contributed by atoms with Gasteiger partial charge in [0.05, 0.1) is 5.92 Å². The molecule has 2 heterocycles. The van der Waals surface area contributed by atoms with Crippen molar-refractivity contribution in [3.8, 4) is 5.88 Å². The Bertz CT molecular complexity index is 1140. The Morgan fingerprint density at radius 1 is 1.41 bits per heavy atom. The summed E-state index contributed by atoms with van der Waals surface area (Å²) in [6.07, 6.45) is 3.83. The number of fused-ring (bicyclic) bond motifs is 2. The largest absolute Gasteiger partial charge is 0.618 e. The van der Waals surface area contributed by atoms with Crippen LogP contribution in [0, 0.1) is 18.0 Å². The van der Waals surface area contributed by atoms with Crippen molar-refractivity contribution in [2.24, 2.45) is 11.7 Å². The van der Waals surface area contributed by atoms with Crippen molar-refractivity contribution in [1.29, 1.82) is 0 Å². The van der Waals surface area contributed by atoms with Crippen LogP contribution in [0.1, 0.15) is 30.0 Å². The lowest BCUT2D eigenvalue weighted by molar-refractivity contribution is -0.405. The molecular formula is C18H19N3O7S. The van der Waals surface area contributed by atoms with Crippen molar-refractivity contribution in [1.82, 2.24) is 4.57 Å². The molecule has 0 radical (unpaired) electrons. The average Bonchev–Trinajstić information content (AvgIpc) is 2.81. The van der Waals surface area contributed by atoms with E-state index in [1.165, 1.54) is 18.2 Å². The van der Waals surface area contributed by atoms with E-state index in [0.717, 1.165) is 17.7 Å². The highest BCUT2D eigenvalue weighted by Gasteiger charge is 2.46. The van der Waals surface area contributed by atoms with Crippen LogP contribution in [0.4, 0.5) is 0 Å². The third-order valence-corrected chi connectivity index (χ3v) is 5.96. The number of amides is 1. The normalized spacial score (nSPS) is 21.0. The molecule has 1 aromatic rings. The molecule has 0 bridgehead atoms. The van der Waals surface area contributed by atoms with E-state index < -0.39 is 33.3 Å². The molecule has 2 unspecified atom stereocenters. The van der Waals surface area contributed by atoms with Crippen molar-refractivity contribution in [2.75, 3.05) is 0 Å². The van der Waals surface area contributed by atoms with Gasteiger partial charge in [0.15, 0.2) is 11.1 Å². The molecule has 1 amide bonds. The van der Waals surface area contributed by atoms with Crippen LogP contribution >= 0.6 is 0 Å². The summed E-state index contributed by atoms with van der Waals surface area (Å²) in [5.41, 5.74) is 6.12. The Balaban J connectivity index is 2.26. The summed E-state index contributed by atoms with van der Waals surface area (Å²) in [4.78, 5) is 23.0. The number of hydrogen-bond acceptors (Lipinski definition) is 6. The lowest BCUT2D eigenvalue weighted by Crippen LogP contribution is -2.32. The van der Waals surface area contributed by atoms with Gasteiger partial charge in [-0.3, -0.25) is 18.7 Å². The minimum atomic E-state index is -4.80. The molecule has 10 nitrogen and oxygen atoms in total. The molecule has 154 valence electrons. The van der Waals surface area contributed by atoms with Crippen LogP contribution < -0.4 is 10.5 Å². The number of esters is 1. The molecule has 0 fully saturated rings. The van der Waals surface area contributed by atoms with Gasteiger partial charge in [-0.2, -0.15) is 13.2 Å². The highest BCUT2D eigenvalue weighted by atomic mass is 32.2. The fraction of sp³-hybridized carbons (Fsp3) is 0.278. The number of ether oxygens (including phenoxy) is 1. The number of rotatable bonds is 4. The van der Waals surface area contributed by atoms with E-state index in [1.54, 1.807) is 6.92 Å². The van der Waals surface area contributed by atoms with Gasteiger partial charge in [-0.25, -0.2) is 0 Å². The minimum Gasteiger partial charge on any atom is -0.618 e. The molecule has 11 heteroatoms. The van der Waals surface area contributed by atoms with Crippen molar-refractivity contribution < 1.29 is 32.0 Å². The van der Waals surface area contributed by atoms with Gasteiger partial charge in [-0.15, -0.1) is 0 Å². The van der Waals surface area contributed by atoms with Gasteiger partial charge in [0.1, 0.15) is 5.69 Å². The molecule has 0 saturated heterocycles. The van der Waals surface area contributed by atoms with Crippen LogP contribution in [0.2, 0.25) is 0 Å². The van der Waals surface area contributed by atoms with Gasteiger partial charge in [-0.1, -0.05) is 12.7 Å². The lowest BCUT2D eigenvalue weighted by atomic mass is 9.87. The molecule has 2 aliphatic rings. The number of hydrogen-bond donors (Lipinski definition) is 2. The summed E-state index contributed by atoms with van der Waals surface area (Å²) in [7, 11) is -4.80. The van der Waals surface area contributed by atoms with E-state index in [0.29, 0.717) is 15.9 Å². The van der Waals surface area contributed by atoms with E-state index in [9.17, 15) is 27.8 Å². The number of nitrogens with zero attached hydrogens (tertiary/aromatic N) is 2. The van der Waals surface area contributed by atoms with Gasteiger partial charge in [-0.05, 0) is 25.0 Å². The van der Waals surface area contributed by atoms with Crippen LogP contribution in [-0.2, 0) is 19.7 Å². The second-order valence-corrected chi connectivity index (χ2v) is 8.33. The Morgan fingerprint density at radius 3 is 2.62 bits per heavy atom. The van der Waals surface area contributed by atoms with E-state index in [1.807, 2.05) is 0 Å². The van der Waals surface area contributed by atoms with Gasteiger partial charge >= 0.3 is 5.97 Å². The first-order valence-electron chi connectivity index (χ1n) is 8.49. The second kappa shape index (κ2) is 7.01. The molecule has 3 rings (SSSR count). The van der Waals surface area contributed by atoms with Gasteiger partial charge in [0.25, 0.3) is 10.1 Å². The molecule has 0 saturated carbocycles. The van der Waals surface area contributed by atoms with Crippen LogP contribution in [0.3, 0.4) is 0 Å². The number of aromatic nitrogens is 1. The number of nitrogens with two attached hydrogens (primary N) is 1. The van der Waals surface area contributed by atoms with E-state index >= 15 is 0 Å². The Labute approximate surface area is 166 Å². The Morgan fingerprint density at radius 2 is 2.07 bits per heavy atom. The van der Waals surface area contributed by atoms with Crippen molar-refractivity contribution in [3.05, 3.63) is 58.1 Å². The first-order valence-corrected chi connectivity index (χ1v) is 9.99. The van der Waals surface area contributed by atoms with Crippen molar-refractivity contribution in [2.45, 2.75) is 25.6 Å². The molecule has 29 heavy (non-hydrogen) atoms. The van der Waals surface area contributed by atoms with Gasteiger partial charge in [0, 0.05) is 24.1 Å². The monoisotopic (exact) mass is 421 g/mol. The topological polar surface area (TPSA) is 155 Å². The first kappa shape index (κ1) is 20.6. The number of carbonyl (C=O) groups is 2. The Kier molecular flexibility index (Phi) is 4.97. The highest BCUT2D eigenvalue weighted by Crippen LogP contribution is 2.44. The van der Waals surface area contributed by atoms with E-state index in [4.69, 9.17) is 10.5 Å². The summed E-state index contributed by atoms with van der Waals surface area (Å²) >= 11 is 0. The fourth-order valence-electron chi connectivity index (χ4n) is 3.59. The molecule has 1 aromatic heterocycles. The number of primary amides is 1. The molecule has 1 aliphatic heterocycles. The number of carbonyl (C=O) groups excluding carboxylic acids is 2. The molecule has 2 atom stereocenters. The van der Waals surface area contributed by atoms with Crippen LogP contribution in [-0.4, -0.2) is 40.4 Å². The lowest BCUT2D eigenvalue weighted by Gasteiger charge is -2.28. The predicted molar refractivity (Wildman–Crippen MR) is 102 cm³/mol. The maximum Gasteiger partial charge on any atom is 0.309 e. The minimum absolute atomic E-state index is 0.0378. The Hall–Kier alpha value is -3.18. The third kappa shape index (κ3) is 3.61. The summed E-state index contributed by atoms with van der Waals surface area (Å²) < 4.78 is 41.7. The first-order chi connectivity index (χ1) is 13.4. The number of allylic oxidation sites excluding steroid dienone is 3. The van der Waals surface area contributed by atoms with Crippen molar-refractivity contribution in [3.63, 3.8) is 0 Å². The zero-order valence-corrected chi connectivity index (χ0v) is 16.5. The highest BCUT2D eigenvalue weighted by molar-refractivity contribution is 7.85. The van der Waals surface area contributed by atoms with Crippen molar-refractivity contribution >= 4 is 28.2 Å². The maximum absolute atomic E-state index is 12.7. The summed E-state index contributed by atoms with van der Waals surface area (Å²) in [5, 5.41) is 11.0. The maximum atomic E-state index is 12.7. The number of hydroxylamine groups is 1. The molecule has 3 N–H and O–H groups in total. The molecule has 0 aromatic carbocycles. The SMILES string of the molecule is C=C(C(N)=O)C1=CC=C2C(C1)C(S(=O)(=O)O)n1c(cc(C)c1OC(C)=O)C=[N+]2[O-]. The predicted octanol–water partition coefficient (Wildman–Crippen LogP) is 0.923. The summed E-state index contributed by atoms with van der Waals surface area (Å²) in [5.74, 6) is -2.70. The third-order valence-electron chi connectivity index (χ3n) is 4.81. The van der Waals surface area contributed by atoms with E-state index in [-0.39, 0.29) is 29.3 Å². The van der Waals surface area contributed by atoms with Gasteiger partial charge in [0.2, 0.25) is 18.0 Å². The quantitative estimate of drug-likeness (QED) is 0.241. The average molecular weight is 421 g/mol. The van der Waals surface area contributed by atoms with Crippen LogP contribution in [0.15, 0.2) is 41.6 Å². The zero-order valence-electron chi connectivity index (χ0n) is 15.7. The molecule has 0 spiro atoms. The second-order valence-electron chi connectivity index (χ2n) is 6.82. The van der Waals surface area contributed by atoms with Crippen LogP contribution in [0.25, 0.3) is 0 Å². The van der Waals surface area contributed by atoms with Crippen LogP contribution in [0.5, 0.6) is 5.88 Å². The smallest absolute Gasteiger partial charge is 0.309 e. The fourth-order valence-corrected chi connectivity index (χ4v) is 4.72. The number of aryl methyl sites for hydroxylation is 1. The standard InChI is InChI=1S/C18H19N3O7S/c1-9-6-13-8-20(24)15-5-4-12(10(2)16(19)23)7-14(15)18(29(25,26)27)21(13)17(9)28-11(3)22/h4-6,8,14,18H,2,7H2,1,3H3,(H2,19,23)(H,25,26,27). The summed E-state index contributed by atoms with van der Waals surface area (Å²) in [6.45, 7) is 6.31.